The normalized spacial score (nSPS) is 19.6. The van der Waals surface area contributed by atoms with Crippen LogP contribution < -0.4 is 0 Å². The van der Waals surface area contributed by atoms with E-state index in [2.05, 4.69) is 10.1 Å². The summed E-state index contributed by atoms with van der Waals surface area (Å²) in [5.74, 6) is -4.06. The predicted octanol–water partition coefficient (Wildman–Crippen LogP) is 4.05. The van der Waals surface area contributed by atoms with Gasteiger partial charge in [-0.3, -0.25) is 13.9 Å². The quantitative estimate of drug-likeness (QED) is 0.445. The number of aromatic nitrogens is 4. The number of hydrogen-bond donors (Lipinski definition) is 0. The molecule has 0 aliphatic carbocycles. The summed E-state index contributed by atoms with van der Waals surface area (Å²) < 4.78 is 44.7. The highest BCUT2D eigenvalue weighted by Crippen LogP contribution is 2.46. The third kappa shape index (κ3) is 2.57. The Morgan fingerprint density at radius 1 is 1.12 bits per heavy atom. The van der Waals surface area contributed by atoms with Gasteiger partial charge in [-0.15, -0.1) is 0 Å². The number of halogens is 3. The Kier molecular flexibility index (Phi) is 3.99. The van der Waals surface area contributed by atoms with E-state index in [0.29, 0.717) is 23.5 Å². The van der Waals surface area contributed by atoms with Crippen LogP contribution in [0.15, 0.2) is 42.7 Å². The van der Waals surface area contributed by atoms with Crippen LogP contribution in [0.2, 0.25) is 0 Å². The summed E-state index contributed by atoms with van der Waals surface area (Å²) in [7, 11) is 1.69. The number of nitrogens with zero attached hydrogens (tertiary/aromatic N) is 5. The Bertz CT molecular complexity index is 1390. The van der Waals surface area contributed by atoms with Crippen molar-refractivity contribution in [3.8, 4) is 11.3 Å². The lowest BCUT2D eigenvalue weighted by molar-refractivity contribution is 0.0635. The van der Waals surface area contributed by atoms with Crippen LogP contribution in [-0.4, -0.2) is 36.0 Å². The summed E-state index contributed by atoms with van der Waals surface area (Å²) in [6, 6.07) is 7.13. The third-order valence-corrected chi connectivity index (χ3v) is 6.57. The Morgan fingerprint density at radius 2 is 1.91 bits per heavy atom. The molecule has 6 nitrogen and oxygen atoms in total. The molecule has 2 unspecified atom stereocenters. The van der Waals surface area contributed by atoms with E-state index in [4.69, 9.17) is 0 Å². The SMILES string of the molecule is Cn1nc2c(c1-c1cc(F)c(F)c(F)c1)CC1CCC2N1C(=O)c1cccc2nccn12. The van der Waals surface area contributed by atoms with E-state index in [9.17, 15) is 18.0 Å². The molecule has 9 heteroatoms. The fourth-order valence-corrected chi connectivity index (χ4v) is 5.26. The van der Waals surface area contributed by atoms with Gasteiger partial charge in [-0.05, 0) is 43.5 Å². The summed E-state index contributed by atoms with van der Waals surface area (Å²) >= 11 is 0. The second-order valence-corrected chi connectivity index (χ2v) is 8.32. The van der Waals surface area contributed by atoms with Gasteiger partial charge in [-0.2, -0.15) is 5.10 Å². The zero-order valence-electron chi connectivity index (χ0n) is 17.1. The number of amides is 1. The van der Waals surface area contributed by atoms with Crippen molar-refractivity contribution in [3.63, 3.8) is 0 Å². The van der Waals surface area contributed by atoms with Crippen LogP contribution >= 0.6 is 0 Å². The molecule has 3 aromatic heterocycles. The summed E-state index contributed by atoms with van der Waals surface area (Å²) in [6.45, 7) is 0. The molecule has 1 fully saturated rings. The number of carbonyl (C=O) groups excluding carboxylic acids is 1. The van der Waals surface area contributed by atoms with Crippen molar-refractivity contribution in [3.05, 3.63) is 77.1 Å². The van der Waals surface area contributed by atoms with Crippen LogP contribution in [0, 0.1) is 17.5 Å². The van der Waals surface area contributed by atoms with Crippen LogP contribution in [0.1, 0.15) is 40.6 Å². The molecule has 1 saturated heterocycles. The molecule has 0 spiro atoms. The Labute approximate surface area is 180 Å². The van der Waals surface area contributed by atoms with Crippen molar-refractivity contribution in [2.45, 2.75) is 31.3 Å². The lowest BCUT2D eigenvalue weighted by Gasteiger charge is -2.34. The van der Waals surface area contributed by atoms with Gasteiger partial charge < -0.3 is 4.90 Å². The molecule has 162 valence electrons. The van der Waals surface area contributed by atoms with Crippen LogP contribution in [0.5, 0.6) is 0 Å². The number of rotatable bonds is 2. The molecule has 0 N–H and O–H groups in total. The lowest BCUT2D eigenvalue weighted by Crippen LogP contribution is -2.42. The number of imidazole rings is 1. The Balaban J connectivity index is 1.44. The first-order valence-electron chi connectivity index (χ1n) is 10.4. The van der Waals surface area contributed by atoms with Gasteiger partial charge in [0.25, 0.3) is 5.91 Å². The maximum absolute atomic E-state index is 13.9. The molecule has 0 radical (unpaired) electrons. The highest BCUT2D eigenvalue weighted by atomic mass is 19.2. The molecule has 2 bridgehead atoms. The number of aryl methyl sites for hydroxylation is 1. The second kappa shape index (κ2) is 6.69. The Morgan fingerprint density at radius 3 is 2.69 bits per heavy atom. The average molecular weight is 437 g/mol. The second-order valence-electron chi connectivity index (χ2n) is 8.32. The molecule has 1 aromatic carbocycles. The summed E-state index contributed by atoms with van der Waals surface area (Å²) in [5, 5.41) is 4.63. The van der Waals surface area contributed by atoms with E-state index in [1.165, 1.54) is 0 Å². The zero-order valence-corrected chi connectivity index (χ0v) is 17.1. The van der Waals surface area contributed by atoms with Gasteiger partial charge in [0.15, 0.2) is 17.5 Å². The number of pyridine rings is 1. The zero-order chi connectivity index (χ0) is 22.1. The van der Waals surface area contributed by atoms with E-state index in [1.807, 2.05) is 17.0 Å². The third-order valence-electron chi connectivity index (χ3n) is 6.57. The van der Waals surface area contributed by atoms with Crippen molar-refractivity contribution < 1.29 is 18.0 Å². The first kappa shape index (κ1) is 19.1. The highest BCUT2D eigenvalue weighted by molar-refractivity contribution is 5.94. The van der Waals surface area contributed by atoms with Crippen LogP contribution in [0.3, 0.4) is 0 Å². The lowest BCUT2D eigenvalue weighted by atomic mass is 9.94. The maximum atomic E-state index is 13.9. The van der Waals surface area contributed by atoms with Gasteiger partial charge >= 0.3 is 0 Å². The van der Waals surface area contributed by atoms with Crippen LogP contribution in [0.25, 0.3) is 16.9 Å². The number of fused-ring (bicyclic) bond motifs is 5. The van der Waals surface area contributed by atoms with Crippen molar-refractivity contribution in [1.82, 2.24) is 24.1 Å². The molecule has 0 saturated carbocycles. The summed E-state index contributed by atoms with van der Waals surface area (Å²) in [6.07, 6.45) is 5.49. The van der Waals surface area contributed by atoms with Gasteiger partial charge in [-0.25, -0.2) is 18.2 Å². The fourth-order valence-electron chi connectivity index (χ4n) is 5.26. The molecule has 4 aromatic rings. The minimum Gasteiger partial charge on any atom is -0.325 e. The molecule has 5 heterocycles. The van der Waals surface area contributed by atoms with Crippen molar-refractivity contribution in [2.75, 3.05) is 0 Å². The molecule has 1 amide bonds. The van der Waals surface area contributed by atoms with Crippen molar-refractivity contribution >= 4 is 11.6 Å². The predicted molar refractivity (Wildman–Crippen MR) is 109 cm³/mol. The first-order chi connectivity index (χ1) is 15.4. The average Bonchev–Trinajstić information content (AvgIpc) is 3.46. The molecule has 2 aliphatic rings. The maximum Gasteiger partial charge on any atom is 0.271 e. The fraction of sp³-hybridized carbons (Fsp3) is 0.261. The highest BCUT2D eigenvalue weighted by Gasteiger charge is 2.46. The molecule has 6 rings (SSSR count). The Hall–Kier alpha value is -3.62. The molecule has 32 heavy (non-hydrogen) atoms. The summed E-state index contributed by atoms with van der Waals surface area (Å²) in [5.41, 5.74) is 3.60. The van der Waals surface area contributed by atoms with Crippen molar-refractivity contribution in [2.24, 2.45) is 7.05 Å². The van der Waals surface area contributed by atoms with E-state index in [-0.39, 0.29) is 23.6 Å². The van der Waals surface area contributed by atoms with E-state index in [1.54, 1.807) is 34.6 Å². The van der Waals surface area contributed by atoms with Gasteiger partial charge in [0.2, 0.25) is 0 Å². The largest absolute Gasteiger partial charge is 0.325 e. The molecular weight excluding hydrogens is 419 g/mol. The standard InChI is InChI=1S/C23H18F3N5O/c1-29-22(12-9-15(24)20(26)16(25)10-12)14-11-13-5-6-17(21(14)28-29)31(13)23(32)18-3-2-4-19-27-7-8-30(18)19/h2-4,7-10,13,17H,5-6,11H2,1H3. The van der Waals surface area contributed by atoms with Crippen LogP contribution in [0.4, 0.5) is 13.2 Å². The van der Waals surface area contributed by atoms with Gasteiger partial charge in [0.05, 0.1) is 17.4 Å². The van der Waals surface area contributed by atoms with Crippen molar-refractivity contribution in [1.29, 1.82) is 0 Å². The number of benzene rings is 1. The van der Waals surface area contributed by atoms with Gasteiger partial charge in [0.1, 0.15) is 11.3 Å². The minimum absolute atomic E-state index is 0.0585. The summed E-state index contributed by atoms with van der Waals surface area (Å²) in [4.78, 5) is 19.7. The smallest absolute Gasteiger partial charge is 0.271 e. The van der Waals surface area contributed by atoms with E-state index >= 15 is 0 Å². The number of carbonyl (C=O) groups is 1. The van der Waals surface area contributed by atoms with E-state index in [0.717, 1.165) is 36.2 Å². The molecule has 2 atom stereocenters. The monoisotopic (exact) mass is 437 g/mol. The van der Waals surface area contributed by atoms with E-state index < -0.39 is 17.5 Å². The van der Waals surface area contributed by atoms with Gasteiger partial charge in [0, 0.05) is 36.6 Å². The van der Waals surface area contributed by atoms with Crippen LogP contribution in [-0.2, 0) is 13.5 Å². The minimum atomic E-state index is -1.49. The topological polar surface area (TPSA) is 55.4 Å². The first-order valence-corrected chi connectivity index (χ1v) is 10.4. The molecule has 2 aliphatic heterocycles. The molecular formula is C23H18F3N5O. The number of hydrogen-bond acceptors (Lipinski definition) is 3. The van der Waals surface area contributed by atoms with Gasteiger partial charge in [-0.1, -0.05) is 6.07 Å².